The number of hydrogen-bond donors (Lipinski definition) is 1. The highest BCUT2D eigenvalue weighted by Gasteiger charge is 2.15. The summed E-state index contributed by atoms with van der Waals surface area (Å²) in [5, 5.41) is 1.47. The van der Waals surface area contributed by atoms with E-state index in [0.29, 0.717) is 0 Å². The number of benzene rings is 2. The number of sulfonamides is 1. The number of nitrogens with one attached hydrogen (secondary N) is 1. The van der Waals surface area contributed by atoms with Gasteiger partial charge in [0.1, 0.15) is 0 Å². The summed E-state index contributed by atoms with van der Waals surface area (Å²) in [5.41, 5.74) is 0.775. The lowest BCUT2D eigenvalue weighted by molar-refractivity contribution is 0.580. The molecule has 0 aromatic heterocycles. The van der Waals surface area contributed by atoms with E-state index in [1.807, 2.05) is 30.3 Å². The fraction of sp³-hybridized carbons (Fsp3) is 0.0769. The maximum Gasteiger partial charge on any atom is 0.257 e. The van der Waals surface area contributed by atoms with Crippen LogP contribution in [0.1, 0.15) is 0 Å². The molecule has 1 N–H and O–H groups in total. The normalized spacial score (nSPS) is 11.2. The Morgan fingerprint density at radius 1 is 0.889 bits per heavy atom. The summed E-state index contributed by atoms with van der Waals surface area (Å²) in [6.45, 7) is 0. The maximum absolute atomic E-state index is 12.1. The van der Waals surface area contributed by atoms with Crippen LogP contribution in [0.2, 0.25) is 0 Å². The van der Waals surface area contributed by atoms with Crippen molar-refractivity contribution in [1.29, 1.82) is 0 Å². The van der Waals surface area contributed by atoms with Gasteiger partial charge in [-0.05, 0) is 24.3 Å². The lowest BCUT2D eigenvalue weighted by Crippen LogP contribution is -2.39. The van der Waals surface area contributed by atoms with Gasteiger partial charge in [0, 0.05) is 7.05 Å². The zero-order chi connectivity index (χ0) is 13.0. The molecule has 0 unspecified atom stereocenters. The molecule has 0 spiro atoms. The molecule has 0 radical (unpaired) electrons. The van der Waals surface area contributed by atoms with Crippen molar-refractivity contribution in [1.82, 2.24) is 4.83 Å². The maximum atomic E-state index is 12.1. The topological polar surface area (TPSA) is 49.4 Å². The van der Waals surface area contributed by atoms with Crippen LogP contribution in [-0.2, 0) is 10.0 Å². The molecule has 0 atom stereocenters. The summed E-state index contributed by atoms with van der Waals surface area (Å²) in [5.74, 6) is 0. The highest BCUT2D eigenvalue weighted by atomic mass is 32.2. The molecule has 2 aromatic rings. The predicted octanol–water partition coefficient (Wildman–Crippen LogP) is 2.02. The molecule has 94 valence electrons. The third-order valence-electron chi connectivity index (χ3n) is 2.45. The third kappa shape index (κ3) is 2.88. The zero-order valence-corrected chi connectivity index (χ0v) is 10.8. The summed E-state index contributed by atoms with van der Waals surface area (Å²) in [7, 11) is -1.87. The second kappa shape index (κ2) is 5.20. The monoisotopic (exact) mass is 262 g/mol. The Balaban J connectivity index is 2.20. The van der Waals surface area contributed by atoms with Gasteiger partial charge in [0.25, 0.3) is 10.0 Å². The summed E-state index contributed by atoms with van der Waals surface area (Å²) in [6.07, 6.45) is 0. The van der Waals surface area contributed by atoms with Crippen molar-refractivity contribution in [2.24, 2.45) is 0 Å². The molecule has 4 nitrogen and oxygen atoms in total. The van der Waals surface area contributed by atoms with Crippen molar-refractivity contribution in [3.63, 3.8) is 0 Å². The number of anilines is 1. The zero-order valence-electron chi connectivity index (χ0n) is 9.95. The average Bonchev–Trinajstić information content (AvgIpc) is 2.40. The Hall–Kier alpha value is -1.85. The highest BCUT2D eigenvalue weighted by Crippen LogP contribution is 2.12. The van der Waals surface area contributed by atoms with Crippen LogP contribution in [-0.4, -0.2) is 15.5 Å². The molecule has 0 bridgehead atoms. The summed E-state index contributed by atoms with van der Waals surface area (Å²) in [4.78, 5) is 2.74. The molecule has 0 aliphatic heterocycles. The van der Waals surface area contributed by atoms with Crippen molar-refractivity contribution in [3.05, 3.63) is 60.7 Å². The number of hydrazine groups is 1. The Morgan fingerprint density at radius 2 is 1.39 bits per heavy atom. The van der Waals surface area contributed by atoms with E-state index in [0.717, 1.165) is 5.69 Å². The molecule has 0 aliphatic carbocycles. The van der Waals surface area contributed by atoms with Crippen LogP contribution in [0.15, 0.2) is 65.6 Å². The van der Waals surface area contributed by atoms with Gasteiger partial charge in [-0.1, -0.05) is 36.4 Å². The first kappa shape index (κ1) is 12.6. The van der Waals surface area contributed by atoms with E-state index >= 15 is 0 Å². The van der Waals surface area contributed by atoms with Gasteiger partial charge in [0.2, 0.25) is 0 Å². The van der Waals surface area contributed by atoms with Gasteiger partial charge in [0.05, 0.1) is 10.6 Å². The predicted molar refractivity (Wildman–Crippen MR) is 71.6 cm³/mol. The van der Waals surface area contributed by atoms with E-state index < -0.39 is 10.0 Å². The molecule has 0 heterocycles. The van der Waals surface area contributed by atoms with E-state index in [4.69, 9.17) is 0 Å². The van der Waals surface area contributed by atoms with Gasteiger partial charge in [0.15, 0.2) is 0 Å². The lowest BCUT2D eigenvalue weighted by Gasteiger charge is -2.20. The van der Waals surface area contributed by atoms with Crippen LogP contribution in [0.3, 0.4) is 0 Å². The van der Waals surface area contributed by atoms with Crippen LogP contribution < -0.4 is 9.84 Å². The second-order valence-corrected chi connectivity index (χ2v) is 5.46. The Morgan fingerprint density at radius 3 is 1.94 bits per heavy atom. The van der Waals surface area contributed by atoms with E-state index in [-0.39, 0.29) is 4.90 Å². The standard InChI is InChI=1S/C13H14N2O2S/c1-15(12-8-4-2-5-9-12)14-18(16,17)13-10-6-3-7-11-13/h2-11,14H,1H3. The Kier molecular flexibility index (Phi) is 3.64. The number of rotatable bonds is 4. The van der Waals surface area contributed by atoms with E-state index in [2.05, 4.69) is 4.83 Å². The largest absolute Gasteiger partial charge is 0.298 e. The number of para-hydroxylation sites is 1. The minimum absolute atomic E-state index is 0.243. The first-order chi connectivity index (χ1) is 8.59. The van der Waals surface area contributed by atoms with Crippen LogP contribution >= 0.6 is 0 Å². The molecule has 0 aliphatic rings. The third-order valence-corrected chi connectivity index (χ3v) is 3.86. The van der Waals surface area contributed by atoms with E-state index in [1.54, 1.807) is 37.4 Å². The van der Waals surface area contributed by atoms with Crippen molar-refractivity contribution >= 4 is 15.7 Å². The summed E-state index contributed by atoms with van der Waals surface area (Å²) in [6, 6.07) is 17.5. The molecule has 18 heavy (non-hydrogen) atoms. The van der Waals surface area contributed by atoms with Crippen molar-refractivity contribution in [3.8, 4) is 0 Å². The number of hydrogen-bond acceptors (Lipinski definition) is 3. The first-order valence-corrected chi connectivity index (χ1v) is 6.94. The molecule has 0 saturated carbocycles. The van der Waals surface area contributed by atoms with Crippen molar-refractivity contribution in [2.45, 2.75) is 4.90 Å². The summed E-state index contributed by atoms with van der Waals surface area (Å²) < 4.78 is 24.1. The van der Waals surface area contributed by atoms with Gasteiger partial charge in [-0.25, -0.2) is 8.42 Å². The number of nitrogens with zero attached hydrogens (tertiary/aromatic N) is 1. The van der Waals surface area contributed by atoms with Gasteiger partial charge in [-0.3, -0.25) is 5.01 Å². The van der Waals surface area contributed by atoms with E-state index in [9.17, 15) is 8.42 Å². The average molecular weight is 262 g/mol. The van der Waals surface area contributed by atoms with Crippen LogP contribution in [0.4, 0.5) is 5.69 Å². The Bertz CT molecular complexity index is 597. The Labute approximate surface area is 107 Å². The van der Waals surface area contributed by atoms with Gasteiger partial charge in [-0.2, -0.15) is 0 Å². The van der Waals surface area contributed by atoms with Gasteiger partial charge < -0.3 is 0 Å². The minimum atomic E-state index is -3.53. The fourth-order valence-electron chi connectivity index (χ4n) is 1.54. The molecule has 0 fully saturated rings. The molecule has 2 aromatic carbocycles. The smallest absolute Gasteiger partial charge is 0.257 e. The van der Waals surface area contributed by atoms with Crippen LogP contribution in [0, 0.1) is 0 Å². The fourth-order valence-corrected chi connectivity index (χ4v) is 2.62. The van der Waals surface area contributed by atoms with Crippen molar-refractivity contribution in [2.75, 3.05) is 12.1 Å². The first-order valence-electron chi connectivity index (χ1n) is 5.46. The molecular formula is C13H14N2O2S. The molecule has 0 amide bonds. The van der Waals surface area contributed by atoms with Crippen LogP contribution in [0.5, 0.6) is 0 Å². The minimum Gasteiger partial charge on any atom is -0.298 e. The van der Waals surface area contributed by atoms with E-state index in [1.165, 1.54) is 5.01 Å². The lowest BCUT2D eigenvalue weighted by atomic mass is 10.3. The van der Waals surface area contributed by atoms with Gasteiger partial charge in [-0.15, -0.1) is 4.83 Å². The summed E-state index contributed by atoms with van der Waals surface area (Å²) >= 11 is 0. The molecule has 2 rings (SSSR count). The SMILES string of the molecule is CN(NS(=O)(=O)c1ccccc1)c1ccccc1. The quantitative estimate of drug-likeness (QED) is 0.858. The molecule has 5 heteroatoms. The van der Waals surface area contributed by atoms with Crippen molar-refractivity contribution < 1.29 is 8.42 Å². The van der Waals surface area contributed by atoms with Gasteiger partial charge >= 0.3 is 0 Å². The molecule has 0 saturated heterocycles. The van der Waals surface area contributed by atoms with Crippen LogP contribution in [0.25, 0.3) is 0 Å². The second-order valence-electron chi connectivity index (χ2n) is 3.80. The highest BCUT2D eigenvalue weighted by molar-refractivity contribution is 7.89. The molecular weight excluding hydrogens is 248 g/mol.